The molecule has 0 amide bonds. The molecule has 0 fully saturated rings. The molecule has 0 spiro atoms. The van der Waals surface area contributed by atoms with E-state index < -0.39 is 17.3 Å². The number of rotatable bonds is 3. The molecule has 2 aromatic rings. The van der Waals surface area contributed by atoms with Gasteiger partial charge in [0.15, 0.2) is 0 Å². The van der Waals surface area contributed by atoms with Crippen molar-refractivity contribution < 1.29 is 13.9 Å². The number of ether oxygens (including phenoxy) is 1. The highest BCUT2D eigenvalue weighted by Gasteiger charge is 2.12. The molecule has 0 saturated carbocycles. The van der Waals surface area contributed by atoms with Crippen LogP contribution >= 0.6 is 11.6 Å². The van der Waals surface area contributed by atoms with Crippen LogP contribution in [-0.4, -0.2) is 17.1 Å². The molecule has 0 N–H and O–H groups in total. The minimum atomic E-state index is -0.558. The quantitative estimate of drug-likeness (QED) is 0.813. The Labute approximate surface area is 113 Å². The van der Waals surface area contributed by atoms with E-state index in [0.29, 0.717) is 5.39 Å². The molecule has 0 aliphatic heterocycles. The van der Waals surface area contributed by atoms with E-state index in [4.69, 9.17) is 16.3 Å². The fraction of sp³-hybridized carbons (Fsp3) is 0.231. The molecule has 2 rings (SSSR count). The van der Waals surface area contributed by atoms with Gasteiger partial charge >= 0.3 is 5.97 Å². The van der Waals surface area contributed by atoms with Crippen molar-refractivity contribution in [3.63, 3.8) is 0 Å². The average Bonchev–Trinajstić information content (AvgIpc) is 2.34. The highest BCUT2D eigenvalue weighted by Crippen LogP contribution is 2.22. The average molecular weight is 284 g/mol. The van der Waals surface area contributed by atoms with Gasteiger partial charge in [0.1, 0.15) is 12.4 Å². The molecule has 0 aliphatic carbocycles. The summed E-state index contributed by atoms with van der Waals surface area (Å²) in [5, 5.41) is 0.729. The van der Waals surface area contributed by atoms with Gasteiger partial charge in [-0.25, -0.2) is 4.39 Å². The van der Waals surface area contributed by atoms with Gasteiger partial charge in [-0.1, -0.05) is 11.6 Å². The molecule has 0 aliphatic rings. The fourth-order valence-electron chi connectivity index (χ4n) is 1.81. The van der Waals surface area contributed by atoms with Gasteiger partial charge in [0.25, 0.3) is 5.56 Å². The molecular weight excluding hydrogens is 273 g/mol. The highest BCUT2D eigenvalue weighted by atomic mass is 35.5. The molecule has 4 nitrogen and oxygen atoms in total. The minimum Gasteiger partial charge on any atom is -0.465 e. The Morgan fingerprint density at radius 2 is 2.16 bits per heavy atom. The van der Waals surface area contributed by atoms with E-state index in [-0.39, 0.29) is 23.7 Å². The normalized spacial score (nSPS) is 10.7. The summed E-state index contributed by atoms with van der Waals surface area (Å²) in [6.45, 7) is 1.61. The van der Waals surface area contributed by atoms with Gasteiger partial charge in [-0.05, 0) is 25.1 Å². The first-order valence-electron chi connectivity index (χ1n) is 5.67. The molecule has 0 unspecified atom stereocenters. The number of carbonyl (C=O) groups excluding carboxylic acids is 1. The zero-order valence-corrected chi connectivity index (χ0v) is 10.9. The van der Waals surface area contributed by atoms with Gasteiger partial charge in [0.2, 0.25) is 0 Å². The van der Waals surface area contributed by atoms with E-state index >= 15 is 0 Å². The van der Waals surface area contributed by atoms with Gasteiger partial charge in [-0.15, -0.1) is 0 Å². The lowest BCUT2D eigenvalue weighted by Crippen LogP contribution is -2.25. The van der Waals surface area contributed by atoms with Crippen LogP contribution in [0.15, 0.2) is 29.1 Å². The van der Waals surface area contributed by atoms with Crippen LogP contribution in [-0.2, 0) is 16.1 Å². The van der Waals surface area contributed by atoms with Gasteiger partial charge < -0.3 is 4.74 Å². The summed E-state index contributed by atoms with van der Waals surface area (Å²) in [5.74, 6) is -1.07. The summed E-state index contributed by atoms with van der Waals surface area (Å²) in [4.78, 5) is 23.3. The maximum absolute atomic E-state index is 13.3. The number of fused-ring (bicyclic) bond motifs is 1. The van der Waals surface area contributed by atoms with Crippen LogP contribution in [0.1, 0.15) is 6.92 Å². The first-order valence-corrected chi connectivity index (χ1v) is 6.05. The summed E-state index contributed by atoms with van der Waals surface area (Å²) in [7, 11) is 0. The summed E-state index contributed by atoms with van der Waals surface area (Å²) in [6.07, 6.45) is 0. The second kappa shape index (κ2) is 5.40. The van der Waals surface area contributed by atoms with Crippen molar-refractivity contribution in [3.05, 3.63) is 45.5 Å². The Hall–Kier alpha value is -1.88. The maximum Gasteiger partial charge on any atom is 0.326 e. The predicted molar refractivity (Wildman–Crippen MR) is 69.8 cm³/mol. The van der Waals surface area contributed by atoms with E-state index in [1.54, 1.807) is 6.92 Å². The monoisotopic (exact) mass is 283 g/mol. The lowest BCUT2D eigenvalue weighted by molar-refractivity contribution is -0.143. The van der Waals surface area contributed by atoms with Crippen molar-refractivity contribution >= 4 is 28.5 Å². The maximum atomic E-state index is 13.3. The molecule has 0 atom stereocenters. The number of halogens is 2. The molecule has 0 radical (unpaired) electrons. The topological polar surface area (TPSA) is 48.3 Å². The number of nitrogens with zero attached hydrogens (tertiary/aromatic N) is 1. The van der Waals surface area contributed by atoms with Crippen molar-refractivity contribution in [2.24, 2.45) is 0 Å². The molecule has 0 bridgehead atoms. The van der Waals surface area contributed by atoms with Crippen LogP contribution in [0.4, 0.5) is 4.39 Å². The van der Waals surface area contributed by atoms with Crippen molar-refractivity contribution in [1.29, 1.82) is 0 Å². The number of esters is 1. The molecule has 0 saturated heterocycles. The molecule has 100 valence electrons. The largest absolute Gasteiger partial charge is 0.465 e. The zero-order valence-electron chi connectivity index (χ0n) is 10.2. The Bertz CT molecular complexity index is 696. The number of carbonyl (C=O) groups is 1. The summed E-state index contributed by atoms with van der Waals surface area (Å²) in [5.41, 5.74) is -0.207. The van der Waals surface area contributed by atoms with Crippen molar-refractivity contribution in [2.75, 3.05) is 6.61 Å². The van der Waals surface area contributed by atoms with Gasteiger partial charge in [-0.3, -0.25) is 14.2 Å². The number of hydrogen-bond acceptors (Lipinski definition) is 3. The summed E-state index contributed by atoms with van der Waals surface area (Å²) >= 11 is 5.93. The minimum absolute atomic E-state index is 0.216. The first kappa shape index (κ1) is 13.5. The zero-order chi connectivity index (χ0) is 14.0. The predicted octanol–water partition coefficient (Wildman–Crippen LogP) is 2.36. The number of pyridine rings is 1. The standard InChI is InChI=1S/C13H11ClFNO3/c1-2-19-13(18)7-16-11-5-8(15)3-4-9(11)10(14)6-12(16)17/h3-6H,2,7H2,1H3. The van der Waals surface area contributed by atoms with Crippen molar-refractivity contribution in [3.8, 4) is 0 Å². The second-order valence-corrected chi connectivity index (χ2v) is 4.29. The van der Waals surface area contributed by atoms with Gasteiger partial charge in [0, 0.05) is 11.5 Å². The smallest absolute Gasteiger partial charge is 0.326 e. The number of hydrogen-bond donors (Lipinski definition) is 0. The van der Waals surface area contributed by atoms with E-state index in [1.807, 2.05) is 0 Å². The molecule has 1 heterocycles. The van der Waals surface area contributed by atoms with Gasteiger partial charge in [0.05, 0.1) is 17.1 Å². The third-order valence-corrected chi connectivity index (χ3v) is 2.93. The molecule has 1 aromatic heterocycles. The first-order chi connectivity index (χ1) is 9.02. The SMILES string of the molecule is CCOC(=O)Cn1c(=O)cc(Cl)c2ccc(F)cc21. The molecular formula is C13H11ClFNO3. The Morgan fingerprint density at radius 3 is 2.84 bits per heavy atom. The van der Waals surface area contributed by atoms with Crippen molar-refractivity contribution in [2.45, 2.75) is 13.5 Å². The molecule has 1 aromatic carbocycles. The number of aromatic nitrogens is 1. The van der Waals surface area contributed by atoms with E-state index in [1.165, 1.54) is 24.3 Å². The Balaban J connectivity index is 2.62. The van der Waals surface area contributed by atoms with E-state index in [0.717, 1.165) is 4.57 Å². The van der Waals surface area contributed by atoms with Crippen LogP contribution in [0.3, 0.4) is 0 Å². The van der Waals surface area contributed by atoms with Crippen LogP contribution < -0.4 is 5.56 Å². The fourth-order valence-corrected chi connectivity index (χ4v) is 2.06. The Kier molecular flexibility index (Phi) is 3.85. The van der Waals surface area contributed by atoms with Crippen LogP contribution in [0.25, 0.3) is 10.9 Å². The summed E-state index contributed by atoms with van der Waals surface area (Å²) < 4.78 is 19.2. The summed E-state index contributed by atoms with van der Waals surface area (Å²) in [6, 6.07) is 5.07. The van der Waals surface area contributed by atoms with E-state index in [9.17, 15) is 14.0 Å². The molecule has 19 heavy (non-hydrogen) atoms. The Morgan fingerprint density at radius 1 is 1.42 bits per heavy atom. The lowest BCUT2D eigenvalue weighted by Gasteiger charge is -2.10. The van der Waals surface area contributed by atoms with Crippen molar-refractivity contribution in [1.82, 2.24) is 4.57 Å². The van der Waals surface area contributed by atoms with Crippen LogP contribution in [0.2, 0.25) is 5.02 Å². The lowest BCUT2D eigenvalue weighted by atomic mass is 10.2. The van der Waals surface area contributed by atoms with Crippen LogP contribution in [0, 0.1) is 5.82 Å². The van der Waals surface area contributed by atoms with Gasteiger partial charge in [-0.2, -0.15) is 0 Å². The number of benzene rings is 1. The highest BCUT2D eigenvalue weighted by molar-refractivity contribution is 6.35. The third kappa shape index (κ3) is 2.76. The third-order valence-electron chi connectivity index (χ3n) is 2.62. The molecule has 6 heteroatoms. The van der Waals surface area contributed by atoms with Crippen LogP contribution in [0.5, 0.6) is 0 Å². The van der Waals surface area contributed by atoms with E-state index in [2.05, 4.69) is 0 Å². The second-order valence-electron chi connectivity index (χ2n) is 3.88.